The van der Waals surface area contributed by atoms with Gasteiger partial charge in [-0.2, -0.15) is 10.4 Å². The number of rotatable bonds is 3. The Morgan fingerprint density at radius 2 is 1.86 bits per heavy atom. The first kappa shape index (κ1) is 15.1. The number of halogens is 2. The van der Waals surface area contributed by atoms with Gasteiger partial charge in [-0.1, -0.05) is 29.3 Å². The van der Waals surface area contributed by atoms with Crippen molar-refractivity contribution in [2.75, 3.05) is 18.0 Å². The van der Waals surface area contributed by atoms with Gasteiger partial charge >= 0.3 is 0 Å². The third-order valence-electron chi connectivity index (χ3n) is 3.80. The van der Waals surface area contributed by atoms with Crippen LogP contribution in [0.5, 0.6) is 0 Å². The highest BCUT2D eigenvalue weighted by Gasteiger charge is 2.20. The molecular formula is C16H14Cl2N4. The summed E-state index contributed by atoms with van der Waals surface area (Å²) in [6.45, 7) is 2.03. The molecule has 4 nitrogen and oxygen atoms in total. The molecule has 2 heterocycles. The number of hydrogen-bond acceptors (Lipinski definition) is 4. The number of hydrogen-bond donors (Lipinski definition) is 0. The fourth-order valence-corrected chi connectivity index (χ4v) is 3.15. The fourth-order valence-electron chi connectivity index (χ4n) is 2.64. The van der Waals surface area contributed by atoms with Gasteiger partial charge in [0, 0.05) is 23.1 Å². The van der Waals surface area contributed by atoms with E-state index in [9.17, 15) is 5.26 Å². The molecule has 112 valence electrons. The average Bonchev–Trinajstić information content (AvgIpc) is 3.05. The Hall–Kier alpha value is -1.83. The Balaban J connectivity index is 1.89. The van der Waals surface area contributed by atoms with Crippen LogP contribution in [0.2, 0.25) is 10.0 Å². The van der Waals surface area contributed by atoms with E-state index in [1.54, 1.807) is 18.2 Å². The van der Waals surface area contributed by atoms with E-state index in [0.29, 0.717) is 21.3 Å². The Morgan fingerprint density at radius 3 is 2.45 bits per heavy atom. The lowest BCUT2D eigenvalue weighted by Crippen LogP contribution is -2.19. The van der Waals surface area contributed by atoms with E-state index in [4.69, 9.17) is 23.2 Å². The minimum Gasteiger partial charge on any atom is -0.355 e. The van der Waals surface area contributed by atoms with Gasteiger partial charge in [0.05, 0.1) is 11.8 Å². The van der Waals surface area contributed by atoms with Gasteiger partial charge in [-0.05, 0) is 42.7 Å². The molecule has 2 aromatic rings. The fraction of sp³-hybridized carbons (Fsp3) is 0.312. The summed E-state index contributed by atoms with van der Waals surface area (Å²) >= 11 is 12.1. The first-order valence-corrected chi connectivity index (χ1v) is 7.88. The van der Waals surface area contributed by atoms with Crippen molar-refractivity contribution in [3.05, 3.63) is 51.6 Å². The molecule has 1 atom stereocenters. The second-order valence-electron chi connectivity index (χ2n) is 5.24. The summed E-state index contributed by atoms with van der Waals surface area (Å²) in [4.78, 5) is 2.20. The lowest BCUT2D eigenvalue weighted by atomic mass is 9.97. The molecule has 0 amide bonds. The van der Waals surface area contributed by atoms with Crippen LogP contribution in [-0.4, -0.2) is 23.3 Å². The van der Waals surface area contributed by atoms with E-state index in [1.165, 1.54) is 12.8 Å². The largest absolute Gasteiger partial charge is 0.355 e. The van der Waals surface area contributed by atoms with Crippen molar-refractivity contribution in [2.45, 2.75) is 18.8 Å². The molecule has 1 aromatic heterocycles. The normalized spacial score (nSPS) is 15.6. The second kappa shape index (κ2) is 6.51. The van der Waals surface area contributed by atoms with Crippen molar-refractivity contribution >= 4 is 29.0 Å². The number of anilines is 1. The van der Waals surface area contributed by atoms with Crippen LogP contribution in [0.1, 0.15) is 30.0 Å². The van der Waals surface area contributed by atoms with E-state index in [2.05, 4.69) is 21.2 Å². The van der Waals surface area contributed by atoms with Crippen molar-refractivity contribution in [3.8, 4) is 6.07 Å². The quantitative estimate of drug-likeness (QED) is 0.851. The van der Waals surface area contributed by atoms with Crippen LogP contribution in [0.4, 0.5) is 5.82 Å². The second-order valence-corrected chi connectivity index (χ2v) is 6.08. The average molecular weight is 333 g/mol. The van der Waals surface area contributed by atoms with Gasteiger partial charge in [0.2, 0.25) is 0 Å². The van der Waals surface area contributed by atoms with Crippen LogP contribution in [0, 0.1) is 11.3 Å². The van der Waals surface area contributed by atoms with Gasteiger partial charge < -0.3 is 4.90 Å². The Morgan fingerprint density at radius 1 is 1.09 bits per heavy atom. The van der Waals surface area contributed by atoms with E-state index < -0.39 is 5.92 Å². The number of aromatic nitrogens is 2. The first-order chi connectivity index (χ1) is 10.7. The zero-order valence-corrected chi connectivity index (χ0v) is 13.3. The summed E-state index contributed by atoms with van der Waals surface area (Å²) < 4.78 is 0. The Bertz CT molecular complexity index is 703. The van der Waals surface area contributed by atoms with Crippen LogP contribution in [0.15, 0.2) is 30.3 Å². The monoisotopic (exact) mass is 332 g/mol. The molecule has 22 heavy (non-hydrogen) atoms. The molecular weight excluding hydrogens is 319 g/mol. The first-order valence-electron chi connectivity index (χ1n) is 7.12. The third kappa shape index (κ3) is 3.01. The molecule has 3 rings (SSSR count). The molecule has 0 bridgehead atoms. The number of nitriles is 1. The van der Waals surface area contributed by atoms with Crippen LogP contribution in [0.3, 0.4) is 0 Å². The van der Waals surface area contributed by atoms with Gasteiger partial charge in [0.25, 0.3) is 0 Å². The smallest absolute Gasteiger partial charge is 0.151 e. The van der Waals surface area contributed by atoms with Crippen LogP contribution < -0.4 is 4.90 Å². The summed E-state index contributed by atoms with van der Waals surface area (Å²) in [7, 11) is 0. The molecule has 0 spiro atoms. The summed E-state index contributed by atoms with van der Waals surface area (Å²) in [5.41, 5.74) is 1.28. The standard InChI is InChI=1S/C16H14Cl2N4/c17-11-3-4-12(14(18)9-11)13(10-19)15-5-6-16(21-20-15)22-7-1-2-8-22/h3-6,9,13H,1-2,7-8H2/t13-/m1/s1. The Labute approximate surface area is 139 Å². The molecule has 1 fully saturated rings. The highest BCUT2D eigenvalue weighted by Crippen LogP contribution is 2.31. The predicted molar refractivity (Wildman–Crippen MR) is 87.4 cm³/mol. The maximum Gasteiger partial charge on any atom is 0.151 e. The van der Waals surface area contributed by atoms with E-state index >= 15 is 0 Å². The van der Waals surface area contributed by atoms with Crippen LogP contribution in [0.25, 0.3) is 0 Å². The molecule has 0 aliphatic carbocycles. The summed E-state index contributed by atoms with van der Waals surface area (Å²) in [6.07, 6.45) is 2.37. The Kier molecular flexibility index (Phi) is 4.47. The van der Waals surface area contributed by atoms with Gasteiger partial charge in [0.1, 0.15) is 5.92 Å². The number of nitrogens with zero attached hydrogens (tertiary/aromatic N) is 4. The lowest BCUT2D eigenvalue weighted by molar-refractivity contribution is 0.844. The zero-order valence-electron chi connectivity index (χ0n) is 11.8. The van der Waals surface area contributed by atoms with Crippen molar-refractivity contribution in [1.82, 2.24) is 10.2 Å². The molecule has 0 saturated carbocycles. The van der Waals surface area contributed by atoms with Crippen LogP contribution in [-0.2, 0) is 0 Å². The van der Waals surface area contributed by atoms with Crippen LogP contribution >= 0.6 is 23.2 Å². The molecule has 0 N–H and O–H groups in total. The van der Waals surface area contributed by atoms with Gasteiger partial charge in [-0.15, -0.1) is 5.10 Å². The third-order valence-corrected chi connectivity index (χ3v) is 4.36. The maximum atomic E-state index is 9.49. The van der Waals surface area contributed by atoms with Crippen molar-refractivity contribution in [2.24, 2.45) is 0 Å². The van der Waals surface area contributed by atoms with Gasteiger partial charge in [-0.25, -0.2) is 0 Å². The molecule has 0 radical (unpaired) electrons. The number of benzene rings is 1. The summed E-state index contributed by atoms with van der Waals surface area (Å²) in [5.74, 6) is 0.310. The highest BCUT2D eigenvalue weighted by molar-refractivity contribution is 6.35. The highest BCUT2D eigenvalue weighted by atomic mass is 35.5. The molecule has 1 saturated heterocycles. The van der Waals surface area contributed by atoms with Crippen molar-refractivity contribution in [1.29, 1.82) is 5.26 Å². The molecule has 0 unspecified atom stereocenters. The van der Waals surface area contributed by atoms with E-state index in [0.717, 1.165) is 18.9 Å². The minimum atomic E-state index is -0.551. The summed E-state index contributed by atoms with van der Waals surface area (Å²) in [6, 6.07) is 11.1. The van der Waals surface area contributed by atoms with E-state index in [1.807, 2.05) is 12.1 Å². The topological polar surface area (TPSA) is 52.8 Å². The molecule has 6 heteroatoms. The summed E-state index contributed by atoms with van der Waals surface area (Å²) in [5, 5.41) is 19.0. The SMILES string of the molecule is N#C[C@@H](c1ccc(N2CCCC2)nn1)c1ccc(Cl)cc1Cl. The van der Waals surface area contributed by atoms with E-state index in [-0.39, 0.29) is 0 Å². The molecule has 1 aromatic carbocycles. The predicted octanol–water partition coefficient (Wildman–Crippen LogP) is 4.04. The zero-order chi connectivity index (χ0) is 15.5. The van der Waals surface area contributed by atoms with Crippen molar-refractivity contribution < 1.29 is 0 Å². The maximum absolute atomic E-state index is 9.49. The molecule has 1 aliphatic heterocycles. The van der Waals surface area contributed by atoms with Gasteiger partial charge in [-0.3, -0.25) is 0 Å². The molecule has 1 aliphatic rings. The van der Waals surface area contributed by atoms with Crippen molar-refractivity contribution in [3.63, 3.8) is 0 Å². The minimum absolute atomic E-state index is 0.462. The lowest BCUT2D eigenvalue weighted by Gasteiger charge is -2.16. The van der Waals surface area contributed by atoms with Gasteiger partial charge in [0.15, 0.2) is 5.82 Å².